The number of nitrogens with one attached hydrogen (secondary N) is 1. The van der Waals surface area contributed by atoms with Gasteiger partial charge < -0.3 is 15.0 Å². The Morgan fingerprint density at radius 2 is 1.96 bits per heavy atom. The van der Waals surface area contributed by atoms with Crippen molar-refractivity contribution in [3.8, 4) is 0 Å². The van der Waals surface area contributed by atoms with Gasteiger partial charge in [0.05, 0.1) is 6.61 Å². The Labute approximate surface area is 149 Å². The number of amides is 1. The van der Waals surface area contributed by atoms with Crippen LogP contribution in [0.4, 0.5) is 5.82 Å². The van der Waals surface area contributed by atoms with Crippen LogP contribution in [-0.2, 0) is 11.3 Å². The fourth-order valence-corrected chi connectivity index (χ4v) is 2.47. The van der Waals surface area contributed by atoms with E-state index in [0.29, 0.717) is 37.0 Å². The van der Waals surface area contributed by atoms with E-state index in [9.17, 15) is 4.79 Å². The highest BCUT2D eigenvalue weighted by molar-refractivity contribution is 5.93. The number of nitrogens with zero attached hydrogens (tertiary/aromatic N) is 3. The average molecular weight is 342 g/mol. The van der Waals surface area contributed by atoms with E-state index in [1.807, 2.05) is 49.1 Å². The molecule has 0 bridgehead atoms. The van der Waals surface area contributed by atoms with Gasteiger partial charge in [-0.3, -0.25) is 4.79 Å². The van der Waals surface area contributed by atoms with E-state index < -0.39 is 0 Å². The Balaban J connectivity index is 2.20. The third-order valence-electron chi connectivity index (χ3n) is 3.75. The molecule has 0 aliphatic carbocycles. The Morgan fingerprint density at radius 3 is 2.60 bits per heavy atom. The smallest absolute Gasteiger partial charge is 0.273 e. The second-order valence-electron chi connectivity index (χ2n) is 6.12. The van der Waals surface area contributed by atoms with E-state index >= 15 is 0 Å². The summed E-state index contributed by atoms with van der Waals surface area (Å²) in [5, 5.41) is 3.15. The summed E-state index contributed by atoms with van der Waals surface area (Å²) >= 11 is 0. The first-order valence-corrected chi connectivity index (χ1v) is 8.44. The molecule has 0 aliphatic heterocycles. The van der Waals surface area contributed by atoms with Crippen LogP contribution in [-0.4, -0.2) is 47.1 Å². The second-order valence-corrected chi connectivity index (χ2v) is 6.12. The van der Waals surface area contributed by atoms with Crippen LogP contribution in [0.5, 0.6) is 0 Å². The molecule has 6 heteroatoms. The molecule has 0 spiro atoms. The third-order valence-corrected chi connectivity index (χ3v) is 3.75. The number of hydrogen-bond acceptors (Lipinski definition) is 5. The van der Waals surface area contributed by atoms with Gasteiger partial charge in [0, 0.05) is 32.3 Å². The molecule has 0 fully saturated rings. The number of carbonyl (C=O) groups excluding carboxylic acids is 1. The van der Waals surface area contributed by atoms with Gasteiger partial charge in [-0.2, -0.15) is 0 Å². The van der Waals surface area contributed by atoms with E-state index in [2.05, 4.69) is 15.3 Å². The van der Waals surface area contributed by atoms with Crippen molar-refractivity contribution in [1.82, 2.24) is 14.9 Å². The van der Waals surface area contributed by atoms with Gasteiger partial charge >= 0.3 is 0 Å². The zero-order valence-corrected chi connectivity index (χ0v) is 15.3. The molecule has 1 N–H and O–H groups in total. The number of hydrogen-bond donors (Lipinski definition) is 1. The van der Waals surface area contributed by atoms with Crippen LogP contribution < -0.4 is 5.32 Å². The fraction of sp³-hybridized carbons (Fsp3) is 0.421. The first kappa shape index (κ1) is 18.9. The highest BCUT2D eigenvalue weighted by Gasteiger charge is 2.21. The molecule has 25 heavy (non-hydrogen) atoms. The molecule has 2 aromatic rings. The van der Waals surface area contributed by atoms with Crippen molar-refractivity contribution in [2.24, 2.45) is 0 Å². The Hall–Kier alpha value is -2.47. The molecular formula is C19H26N4O2. The van der Waals surface area contributed by atoms with Crippen molar-refractivity contribution >= 4 is 11.7 Å². The first-order chi connectivity index (χ1) is 12.0. The Kier molecular flexibility index (Phi) is 6.89. The number of rotatable bonds is 8. The minimum absolute atomic E-state index is 0.0629. The van der Waals surface area contributed by atoms with Crippen LogP contribution in [0.25, 0.3) is 0 Å². The quantitative estimate of drug-likeness (QED) is 0.747. The molecule has 1 heterocycles. The molecule has 0 aliphatic rings. The van der Waals surface area contributed by atoms with E-state index in [1.165, 1.54) is 0 Å². The van der Waals surface area contributed by atoms with Crippen LogP contribution in [0.1, 0.15) is 35.7 Å². The monoisotopic (exact) mass is 342 g/mol. The fourth-order valence-electron chi connectivity index (χ4n) is 2.47. The molecule has 0 unspecified atom stereocenters. The van der Waals surface area contributed by atoms with Crippen LogP contribution in [0.2, 0.25) is 0 Å². The number of aryl methyl sites for hydroxylation is 1. The van der Waals surface area contributed by atoms with E-state index in [4.69, 9.17) is 4.74 Å². The summed E-state index contributed by atoms with van der Waals surface area (Å²) in [4.78, 5) is 23.5. The molecule has 6 nitrogen and oxygen atoms in total. The molecule has 0 saturated carbocycles. The standard InChI is InChI=1S/C19H26N4O2/c1-14(2)23(13-16-8-6-5-7-9-16)19(24)17-12-18(20-10-11-25-4)22-15(3)21-17/h5-9,12,14H,10-11,13H2,1-4H3,(H,20,21,22). The SMILES string of the molecule is COCCNc1cc(C(=O)N(Cc2ccccc2)C(C)C)nc(C)n1. The number of carbonyl (C=O) groups is 1. The minimum Gasteiger partial charge on any atom is -0.383 e. The summed E-state index contributed by atoms with van der Waals surface area (Å²) < 4.78 is 5.03. The van der Waals surface area contributed by atoms with Crippen molar-refractivity contribution in [2.45, 2.75) is 33.4 Å². The van der Waals surface area contributed by atoms with E-state index in [-0.39, 0.29) is 11.9 Å². The van der Waals surface area contributed by atoms with E-state index in [0.717, 1.165) is 5.56 Å². The lowest BCUT2D eigenvalue weighted by Crippen LogP contribution is -2.37. The zero-order valence-electron chi connectivity index (χ0n) is 15.3. The second kappa shape index (κ2) is 9.13. The maximum Gasteiger partial charge on any atom is 0.273 e. The molecule has 0 radical (unpaired) electrons. The molecule has 1 aromatic carbocycles. The summed E-state index contributed by atoms with van der Waals surface area (Å²) in [5.41, 5.74) is 1.49. The number of aromatic nitrogens is 2. The normalized spacial score (nSPS) is 10.8. The summed E-state index contributed by atoms with van der Waals surface area (Å²) in [7, 11) is 1.64. The lowest BCUT2D eigenvalue weighted by molar-refractivity contribution is 0.0684. The lowest BCUT2D eigenvalue weighted by atomic mass is 10.1. The summed E-state index contributed by atoms with van der Waals surface area (Å²) in [5.74, 6) is 1.10. The van der Waals surface area contributed by atoms with Crippen molar-refractivity contribution in [3.05, 3.63) is 53.5 Å². The van der Waals surface area contributed by atoms with Gasteiger partial charge in [-0.1, -0.05) is 30.3 Å². The van der Waals surface area contributed by atoms with Gasteiger partial charge in [0.1, 0.15) is 17.3 Å². The van der Waals surface area contributed by atoms with Gasteiger partial charge in [-0.15, -0.1) is 0 Å². The minimum atomic E-state index is -0.0980. The third kappa shape index (κ3) is 5.53. The molecule has 0 atom stereocenters. The van der Waals surface area contributed by atoms with Crippen LogP contribution >= 0.6 is 0 Å². The number of methoxy groups -OCH3 is 1. The van der Waals surface area contributed by atoms with Gasteiger partial charge in [-0.25, -0.2) is 9.97 Å². The average Bonchev–Trinajstić information content (AvgIpc) is 2.59. The highest BCUT2D eigenvalue weighted by Crippen LogP contribution is 2.14. The van der Waals surface area contributed by atoms with Crippen LogP contribution in [0.15, 0.2) is 36.4 Å². The van der Waals surface area contributed by atoms with Crippen LogP contribution in [0, 0.1) is 6.92 Å². The molecule has 2 rings (SSSR count). The van der Waals surface area contributed by atoms with Gasteiger partial charge in [0.15, 0.2) is 0 Å². The predicted octanol–water partition coefficient (Wildman–Crippen LogP) is 2.89. The molecule has 0 saturated heterocycles. The molecule has 1 amide bonds. The van der Waals surface area contributed by atoms with Crippen LogP contribution in [0.3, 0.4) is 0 Å². The highest BCUT2D eigenvalue weighted by atomic mass is 16.5. The van der Waals surface area contributed by atoms with Crippen molar-refractivity contribution in [2.75, 3.05) is 25.6 Å². The summed E-state index contributed by atoms with van der Waals surface area (Å²) in [6, 6.07) is 11.7. The maximum absolute atomic E-state index is 13.0. The van der Waals surface area contributed by atoms with Gasteiger partial charge in [0.2, 0.25) is 0 Å². The van der Waals surface area contributed by atoms with Gasteiger partial charge in [0.25, 0.3) is 5.91 Å². The zero-order chi connectivity index (χ0) is 18.2. The van der Waals surface area contributed by atoms with Crippen molar-refractivity contribution < 1.29 is 9.53 Å². The molecular weight excluding hydrogens is 316 g/mol. The Morgan fingerprint density at radius 1 is 1.24 bits per heavy atom. The maximum atomic E-state index is 13.0. The van der Waals surface area contributed by atoms with E-state index in [1.54, 1.807) is 20.1 Å². The molecule has 134 valence electrons. The topological polar surface area (TPSA) is 67.3 Å². The van der Waals surface area contributed by atoms with Crippen molar-refractivity contribution in [3.63, 3.8) is 0 Å². The number of benzene rings is 1. The Bertz CT molecular complexity index is 689. The largest absolute Gasteiger partial charge is 0.383 e. The number of anilines is 1. The lowest BCUT2D eigenvalue weighted by Gasteiger charge is -2.26. The number of ether oxygens (including phenoxy) is 1. The first-order valence-electron chi connectivity index (χ1n) is 8.44. The van der Waals surface area contributed by atoms with Crippen molar-refractivity contribution in [1.29, 1.82) is 0 Å². The summed E-state index contributed by atoms with van der Waals surface area (Å²) in [6.45, 7) is 7.54. The summed E-state index contributed by atoms with van der Waals surface area (Å²) in [6.07, 6.45) is 0. The predicted molar refractivity (Wildman–Crippen MR) is 98.6 cm³/mol. The molecule has 1 aromatic heterocycles. The van der Waals surface area contributed by atoms with Gasteiger partial charge in [-0.05, 0) is 26.3 Å².